The first-order chi connectivity index (χ1) is 12.8. The van der Waals surface area contributed by atoms with Crippen molar-refractivity contribution >= 4 is 45.5 Å². The van der Waals surface area contributed by atoms with E-state index in [9.17, 15) is 14.7 Å². The van der Waals surface area contributed by atoms with Crippen molar-refractivity contribution in [3.05, 3.63) is 62.7 Å². The molecular weight excluding hydrogens is 438 g/mol. The van der Waals surface area contributed by atoms with E-state index in [-0.39, 0.29) is 17.3 Å². The van der Waals surface area contributed by atoms with Gasteiger partial charge in [0.25, 0.3) is 0 Å². The van der Waals surface area contributed by atoms with Gasteiger partial charge in [0.2, 0.25) is 5.91 Å². The molecule has 0 radical (unpaired) electrons. The fourth-order valence-corrected chi connectivity index (χ4v) is 2.91. The Kier molecular flexibility index (Phi) is 7.27. The predicted molar refractivity (Wildman–Crippen MR) is 106 cm³/mol. The van der Waals surface area contributed by atoms with Gasteiger partial charge < -0.3 is 19.9 Å². The fourth-order valence-electron chi connectivity index (χ4n) is 2.24. The number of halogens is 2. The normalized spacial score (nSPS) is 11.0. The highest BCUT2D eigenvalue weighted by molar-refractivity contribution is 9.10. The van der Waals surface area contributed by atoms with E-state index in [0.29, 0.717) is 17.1 Å². The van der Waals surface area contributed by atoms with Crippen molar-refractivity contribution < 1.29 is 24.2 Å². The minimum Gasteiger partial charge on any atom is -0.493 e. The third-order valence-corrected chi connectivity index (χ3v) is 4.49. The number of nitrogens with one attached hydrogen (secondary N) is 1. The van der Waals surface area contributed by atoms with Crippen LogP contribution in [-0.4, -0.2) is 24.1 Å². The Labute approximate surface area is 169 Å². The summed E-state index contributed by atoms with van der Waals surface area (Å²) in [5.41, 5.74) is 1.09. The van der Waals surface area contributed by atoms with Crippen LogP contribution in [0.5, 0.6) is 11.5 Å². The molecule has 0 heterocycles. The van der Waals surface area contributed by atoms with Gasteiger partial charge in [-0.05, 0) is 29.8 Å². The number of benzene rings is 2. The van der Waals surface area contributed by atoms with Crippen molar-refractivity contribution in [2.45, 2.75) is 13.5 Å². The maximum atomic E-state index is 11.3. The van der Waals surface area contributed by atoms with Gasteiger partial charge in [0.15, 0.2) is 11.5 Å². The van der Waals surface area contributed by atoms with E-state index in [1.807, 2.05) is 24.3 Å². The molecule has 8 heteroatoms. The minimum absolute atomic E-state index is 0.250. The maximum absolute atomic E-state index is 11.3. The molecule has 0 spiro atoms. The zero-order valence-electron chi connectivity index (χ0n) is 14.6. The lowest BCUT2D eigenvalue weighted by molar-refractivity contribution is -0.134. The highest BCUT2D eigenvalue weighted by atomic mass is 79.9. The number of amides is 1. The molecule has 142 valence electrons. The van der Waals surface area contributed by atoms with Crippen LogP contribution >= 0.6 is 27.5 Å². The summed E-state index contributed by atoms with van der Waals surface area (Å²) < 4.78 is 12.0. The quantitative estimate of drug-likeness (QED) is 0.611. The molecule has 2 aromatic rings. The lowest BCUT2D eigenvalue weighted by atomic mass is 10.1. The van der Waals surface area contributed by atoms with E-state index in [2.05, 4.69) is 21.2 Å². The molecule has 2 aromatic carbocycles. The van der Waals surface area contributed by atoms with Crippen LogP contribution in [0, 0.1) is 0 Å². The molecule has 2 rings (SSSR count). The second-order valence-corrected chi connectivity index (χ2v) is 6.72. The van der Waals surface area contributed by atoms with E-state index in [1.54, 1.807) is 6.07 Å². The molecule has 0 aromatic heterocycles. The molecule has 0 atom stereocenters. The van der Waals surface area contributed by atoms with Gasteiger partial charge in [-0.25, -0.2) is 4.79 Å². The largest absolute Gasteiger partial charge is 0.493 e. The number of carboxylic acids is 1. The number of aliphatic carboxylic acids is 1. The van der Waals surface area contributed by atoms with Gasteiger partial charge in [-0.3, -0.25) is 4.79 Å². The molecule has 6 nitrogen and oxygen atoms in total. The highest BCUT2D eigenvalue weighted by Crippen LogP contribution is 2.37. The highest BCUT2D eigenvalue weighted by Gasteiger charge is 2.15. The number of rotatable bonds is 7. The molecule has 2 N–H and O–H groups in total. The number of hydrogen-bond acceptors (Lipinski definition) is 4. The van der Waals surface area contributed by atoms with Crippen LogP contribution in [0.2, 0.25) is 5.02 Å². The van der Waals surface area contributed by atoms with Gasteiger partial charge >= 0.3 is 5.97 Å². The molecule has 0 bridgehead atoms. The summed E-state index contributed by atoms with van der Waals surface area (Å²) in [6, 6.07) is 10.7. The summed E-state index contributed by atoms with van der Waals surface area (Å²) in [5, 5.41) is 11.7. The summed E-state index contributed by atoms with van der Waals surface area (Å²) in [6.07, 6.45) is 1.29. The standard InChI is InChI=1S/C19H17BrClNO5/c1-11(23)22-16(19(24)25)8-12-7-15(21)18(17(9-12)26-2)27-10-13-5-3-4-6-14(13)20/h3-9H,10H2,1-2H3,(H,22,23)(H,24,25). The lowest BCUT2D eigenvalue weighted by Crippen LogP contribution is -2.24. The van der Waals surface area contributed by atoms with Gasteiger partial charge in [0, 0.05) is 17.0 Å². The second-order valence-electron chi connectivity index (χ2n) is 5.46. The Hall–Kier alpha value is -2.51. The number of carbonyl (C=O) groups excluding carboxylic acids is 1. The molecule has 0 aliphatic heterocycles. The number of ether oxygens (including phenoxy) is 2. The molecule has 0 unspecified atom stereocenters. The first-order valence-electron chi connectivity index (χ1n) is 7.78. The molecule has 0 aliphatic carbocycles. The molecule has 1 amide bonds. The topological polar surface area (TPSA) is 84.9 Å². The van der Waals surface area contributed by atoms with E-state index in [1.165, 1.54) is 26.2 Å². The van der Waals surface area contributed by atoms with E-state index < -0.39 is 11.9 Å². The van der Waals surface area contributed by atoms with Crippen LogP contribution in [0.3, 0.4) is 0 Å². The van der Waals surface area contributed by atoms with Crippen LogP contribution < -0.4 is 14.8 Å². The zero-order valence-corrected chi connectivity index (χ0v) is 16.9. The number of methoxy groups -OCH3 is 1. The second kappa shape index (κ2) is 9.43. The fraction of sp³-hybridized carbons (Fsp3) is 0.158. The van der Waals surface area contributed by atoms with Crippen LogP contribution in [0.4, 0.5) is 0 Å². The lowest BCUT2D eigenvalue weighted by Gasteiger charge is -2.14. The smallest absolute Gasteiger partial charge is 0.352 e. The first-order valence-corrected chi connectivity index (χ1v) is 8.95. The minimum atomic E-state index is -1.27. The molecular formula is C19H17BrClNO5. The van der Waals surface area contributed by atoms with Crippen molar-refractivity contribution in [1.82, 2.24) is 5.32 Å². The van der Waals surface area contributed by atoms with Crippen LogP contribution in [0.1, 0.15) is 18.1 Å². The zero-order chi connectivity index (χ0) is 20.0. The molecule has 0 saturated heterocycles. The molecule has 27 heavy (non-hydrogen) atoms. The van der Waals surface area contributed by atoms with E-state index in [0.717, 1.165) is 10.0 Å². The van der Waals surface area contributed by atoms with Gasteiger partial charge in [-0.15, -0.1) is 0 Å². The van der Waals surface area contributed by atoms with E-state index in [4.69, 9.17) is 21.1 Å². The number of carbonyl (C=O) groups is 2. The number of carboxylic acid groups (broad SMARTS) is 1. The Morgan fingerprint density at radius 1 is 1.30 bits per heavy atom. The van der Waals surface area contributed by atoms with Crippen molar-refractivity contribution in [3.8, 4) is 11.5 Å². The Morgan fingerprint density at radius 2 is 2.00 bits per heavy atom. The van der Waals surface area contributed by atoms with Crippen LogP contribution in [-0.2, 0) is 16.2 Å². The number of hydrogen-bond donors (Lipinski definition) is 2. The summed E-state index contributed by atoms with van der Waals surface area (Å²) in [7, 11) is 1.45. The Balaban J connectivity index is 2.32. The predicted octanol–water partition coefficient (Wildman–Crippen LogP) is 4.25. The average molecular weight is 455 g/mol. The van der Waals surface area contributed by atoms with Gasteiger partial charge in [0.1, 0.15) is 12.3 Å². The first kappa shape index (κ1) is 20.8. The van der Waals surface area contributed by atoms with Crippen molar-refractivity contribution in [2.24, 2.45) is 0 Å². The summed E-state index contributed by atoms with van der Waals surface area (Å²) >= 11 is 9.76. The average Bonchev–Trinajstić information content (AvgIpc) is 2.60. The Bertz CT molecular complexity index is 898. The molecule has 0 saturated carbocycles. The summed E-state index contributed by atoms with van der Waals surface area (Å²) in [5.74, 6) is -1.08. The molecule has 0 fully saturated rings. The third-order valence-electron chi connectivity index (χ3n) is 3.43. The SMILES string of the molecule is COc1cc(C=C(NC(C)=O)C(=O)O)cc(Cl)c1OCc1ccccc1Br. The van der Waals surface area contributed by atoms with Crippen molar-refractivity contribution in [1.29, 1.82) is 0 Å². The maximum Gasteiger partial charge on any atom is 0.352 e. The third kappa shape index (κ3) is 5.74. The Morgan fingerprint density at radius 3 is 2.59 bits per heavy atom. The van der Waals surface area contributed by atoms with Gasteiger partial charge in [-0.2, -0.15) is 0 Å². The van der Waals surface area contributed by atoms with Crippen molar-refractivity contribution in [3.63, 3.8) is 0 Å². The monoisotopic (exact) mass is 453 g/mol. The molecule has 0 aliphatic rings. The van der Waals surface area contributed by atoms with Crippen LogP contribution in [0.15, 0.2) is 46.6 Å². The van der Waals surface area contributed by atoms with Gasteiger partial charge in [-0.1, -0.05) is 45.7 Å². The van der Waals surface area contributed by atoms with Gasteiger partial charge in [0.05, 0.1) is 12.1 Å². The summed E-state index contributed by atoms with van der Waals surface area (Å²) in [6.45, 7) is 1.49. The summed E-state index contributed by atoms with van der Waals surface area (Å²) in [4.78, 5) is 22.4. The van der Waals surface area contributed by atoms with E-state index >= 15 is 0 Å². The van der Waals surface area contributed by atoms with Crippen LogP contribution in [0.25, 0.3) is 6.08 Å². The van der Waals surface area contributed by atoms with Crippen molar-refractivity contribution in [2.75, 3.05) is 7.11 Å².